The van der Waals surface area contributed by atoms with Crippen LogP contribution in [0.2, 0.25) is 15.1 Å². The second-order valence-corrected chi connectivity index (χ2v) is 6.35. The van der Waals surface area contributed by atoms with Crippen LogP contribution in [-0.4, -0.2) is 24.7 Å². The highest BCUT2D eigenvalue weighted by Gasteiger charge is 2.12. The van der Waals surface area contributed by atoms with E-state index in [1.807, 2.05) is 6.07 Å². The molecule has 0 aromatic heterocycles. The summed E-state index contributed by atoms with van der Waals surface area (Å²) >= 11 is 18.1. The van der Waals surface area contributed by atoms with Crippen LogP contribution in [0.4, 0.5) is 0 Å². The molecule has 0 saturated carbocycles. The highest BCUT2D eigenvalue weighted by molar-refractivity contribution is 6.42. The molecule has 0 aliphatic carbocycles. The zero-order chi connectivity index (χ0) is 18.4. The molecular weight excluding hydrogens is 389 g/mol. The van der Waals surface area contributed by atoms with Gasteiger partial charge in [-0.1, -0.05) is 40.9 Å². The fourth-order valence-electron chi connectivity index (χ4n) is 2.08. The Bertz CT molecular complexity index is 768. The normalized spacial score (nSPS) is 10.6. The molecule has 0 spiro atoms. The lowest BCUT2D eigenvalue weighted by atomic mass is 10.2. The van der Waals surface area contributed by atoms with Crippen LogP contribution in [0.25, 0.3) is 0 Å². The predicted octanol–water partition coefficient (Wildman–Crippen LogP) is 4.41. The molecule has 2 aromatic rings. The number of hydrogen-bond donors (Lipinski definition) is 2. The number of aliphatic carboxylic acids is 1. The van der Waals surface area contributed by atoms with Crippen LogP contribution in [0.1, 0.15) is 11.1 Å². The van der Waals surface area contributed by atoms with E-state index in [0.29, 0.717) is 38.7 Å². The summed E-state index contributed by atoms with van der Waals surface area (Å²) < 4.78 is 11.1. The highest BCUT2D eigenvalue weighted by Crippen LogP contribution is 2.34. The minimum atomic E-state index is -0.940. The van der Waals surface area contributed by atoms with Gasteiger partial charge in [0.05, 0.1) is 23.7 Å². The first-order valence-electron chi connectivity index (χ1n) is 7.26. The van der Waals surface area contributed by atoms with Gasteiger partial charge in [0.25, 0.3) is 0 Å². The molecule has 0 bridgehead atoms. The van der Waals surface area contributed by atoms with E-state index in [2.05, 4.69) is 5.32 Å². The number of halogens is 3. The van der Waals surface area contributed by atoms with E-state index >= 15 is 0 Å². The van der Waals surface area contributed by atoms with Gasteiger partial charge in [0.1, 0.15) is 6.61 Å². The molecular formula is C17H16Cl3NO4. The molecule has 2 N–H and O–H groups in total. The van der Waals surface area contributed by atoms with Crippen LogP contribution >= 0.6 is 34.8 Å². The lowest BCUT2D eigenvalue weighted by Gasteiger charge is -2.14. The monoisotopic (exact) mass is 403 g/mol. The molecule has 0 fully saturated rings. The molecule has 25 heavy (non-hydrogen) atoms. The SMILES string of the molecule is COc1cc(CNCC(=O)O)c(Cl)cc1OCc1ccc(Cl)c(Cl)c1. The maximum atomic E-state index is 10.6. The maximum Gasteiger partial charge on any atom is 0.317 e. The van der Waals surface area contributed by atoms with Crippen molar-refractivity contribution in [2.45, 2.75) is 13.2 Å². The summed E-state index contributed by atoms with van der Waals surface area (Å²) in [5.74, 6) is 0.0295. The van der Waals surface area contributed by atoms with Gasteiger partial charge >= 0.3 is 5.97 Å². The Hall–Kier alpha value is -1.66. The van der Waals surface area contributed by atoms with Crippen LogP contribution in [0, 0.1) is 0 Å². The second kappa shape index (κ2) is 9.15. The molecule has 0 heterocycles. The second-order valence-electron chi connectivity index (χ2n) is 5.13. The van der Waals surface area contributed by atoms with Crippen molar-refractivity contribution in [3.05, 3.63) is 56.5 Å². The Labute approximate surface area is 160 Å². The Balaban J connectivity index is 2.10. The van der Waals surface area contributed by atoms with Crippen LogP contribution in [0.3, 0.4) is 0 Å². The van der Waals surface area contributed by atoms with Gasteiger partial charge in [-0.2, -0.15) is 0 Å². The number of methoxy groups -OCH3 is 1. The third kappa shape index (κ3) is 5.68. The Kier molecular flexibility index (Phi) is 7.20. The average Bonchev–Trinajstić information content (AvgIpc) is 2.57. The van der Waals surface area contributed by atoms with Gasteiger partial charge in [-0.3, -0.25) is 4.79 Å². The molecule has 0 radical (unpaired) electrons. The van der Waals surface area contributed by atoms with Crippen molar-refractivity contribution in [2.75, 3.05) is 13.7 Å². The molecule has 0 aliphatic rings. The smallest absolute Gasteiger partial charge is 0.317 e. The number of nitrogens with one attached hydrogen (secondary N) is 1. The lowest BCUT2D eigenvalue weighted by molar-refractivity contribution is -0.135. The van der Waals surface area contributed by atoms with Crippen LogP contribution in [-0.2, 0) is 17.9 Å². The van der Waals surface area contributed by atoms with E-state index in [1.54, 1.807) is 24.3 Å². The maximum absolute atomic E-state index is 10.6. The van der Waals surface area contributed by atoms with E-state index in [1.165, 1.54) is 7.11 Å². The number of carboxylic acids is 1. The summed E-state index contributed by atoms with van der Waals surface area (Å²) in [5, 5.41) is 12.8. The zero-order valence-electron chi connectivity index (χ0n) is 13.3. The van der Waals surface area contributed by atoms with E-state index < -0.39 is 5.97 Å². The van der Waals surface area contributed by atoms with E-state index in [9.17, 15) is 4.79 Å². The standard InChI is InChI=1S/C17H16Cl3NO4/c1-24-15-5-11(7-21-8-17(22)23)13(19)6-16(15)25-9-10-2-3-12(18)14(20)4-10/h2-6,21H,7-9H2,1H3,(H,22,23). The highest BCUT2D eigenvalue weighted by atomic mass is 35.5. The van der Waals surface area contributed by atoms with Crippen LogP contribution in [0.15, 0.2) is 30.3 Å². The van der Waals surface area contributed by atoms with Crippen LogP contribution in [0.5, 0.6) is 11.5 Å². The molecule has 5 nitrogen and oxygen atoms in total. The van der Waals surface area contributed by atoms with Gasteiger partial charge in [0, 0.05) is 17.6 Å². The minimum Gasteiger partial charge on any atom is -0.493 e. The van der Waals surface area contributed by atoms with Crippen molar-refractivity contribution >= 4 is 40.8 Å². The van der Waals surface area contributed by atoms with E-state index in [-0.39, 0.29) is 13.2 Å². The fourth-order valence-corrected chi connectivity index (χ4v) is 2.62. The third-order valence-corrected chi connectivity index (χ3v) is 4.39. The zero-order valence-corrected chi connectivity index (χ0v) is 15.6. The lowest BCUT2D eigenvalue weighted by Crippen LogP contribution is -2.22. The Morgan fingerprint density at radius 3 is 2.48 bits per heavy atom. The predicted molar refractivity (Wildman–Crippen MR) is 98.1 cm³/mol. The third-order valence-electron chi connectivity index (χ3n) is 3.30. The van der Waals surface area contributed by atoms with E-state index in [0.717, 1.165) is 5.56 Å². The molecule has 0 saturated heterocycles. The van der Waals surface area contributed by atoms with Gasteiger partial charge in [-0.05, 0) is 29.3 Å². The summed E-state index contributed by atoms with van der Waals surface area (Å²) in [7, 11) is 1.52. The Morgan fingerprint density at radius 1 is 1.08 bits per heavy atom. The summed E-state index contributed by atoms with van der Waals surface area (Å²) in [6.45, 7) is 0.406. The summed E-state index contributed by atoms with van der Waals surface area (Å²) in [4.78, 5) is 10.6. The summed E-state index contributed by atoms with van der Waals surface area (Å²) in [5.41, 5.74) is 1.56. The molecule has 0 atom stereocenters. The quantitative estimate of drug-likeness (QED) is 0.682. The van der Waals surface area contributed by atoms with Gasteiger partial charge in [0.2, 0.25) is 0 Å². The summed E-state index contributed by atoms with van der Waals surface area (Å²) in [6.07, 6.45) is 0. The molecule has 134 valence electrons. The molecule has 8 heteroatoms. The van der Waals surface area contributed by atoms with Crippen molar-refractivity contribution in [2.24, 2.45) is 0 Å². The van der Waals surface area contributed by atoms with Gasteiger partial charge in [-0.15, -0.1) is 0 Å². The fraction of sp³-hybridized carbons (Fsp3) is 0.235. The number of carbonyl (C=O) groups is 1. The first-order valence-corrected chi connectivity index (χ1v) is 8.39. The number of benzene rings is 2. The van der Waals surface area contributed by atoms with Crippen molar-refractivity contribution in [1.29, 1.82) is 0 Å². The molecule has 2 aromatic carbocycles. The number of hydrogen-bond acceptors (Lipinski definition) is 4. The molecule has 0 unspecified atom stereocenters. The van der Waals surface area contributed by atoms with E-state index in [4.69, 9.17) is 49.4 Å². The topological polar surface area (TPSA) is 67.8 Å². The van der Waals surface area contributed by atoms with Gasteiger partial charge in [-0.25, -0.2) is 0 Å². The van der Waals surface area contributed by atoms with Gasteiger partial charge in [0.15, 0.2) is 11.5 Å². The van der Waals surface area contributed by atoms with Gasteiger partial charge < -0.3 is 19.9 Å². The molecule has 0 amide bonds. The largest absolute Gasteiger partial charge is 0.493 e. The molecule has 2 rings (SSSR count). The molecule has 0 aliphatic heterocycles. The number of ether oxygens (including phenoxy) is 2. The summed E-state index contributed by atoms with van der Waals surface area (Å²) in [6, 6.07) is 8.58. The number of rotatable bonds is 8. The van der Waals surface area contributed by atoms with Crippen molar-refractivity contribution in [3.8, 4) is 11.5 Å². The first-order chi connectivity index (χ1) is 11.9. The number of carboxylic acid groups (broad SMARTS) is 1. The Morgan fingerprint density at radius 2 is 1.84 bits per heavy atom. The first kappa shape index (κ1) is 19.7. The van der Waals surface area contributed by atoms with Crippen molar-refractivity contribution < 1.29 is 19.4 Å². The average molecular weight is 405 g/mol. The van der Waals surface area contributed by atoms with Crippen molar-refractivity contribution in [1.82, 2.24) is 5.32 Å². The van der Waals surface area contributed by atoms with Crippen LogP contribution < -0.4 is 14.8 Å². The minimum absolute atomic E-state index is 0.159. The van der Waals surface area contributed by atoms with Crippen molar-refractivity contribution in [3.63, 3.8) is 0 Å².